The molecule has 1 aromatic carbocycles. The van der Waals surface area contributed by atoms with Gasteiger partial charge in [-0.15, -0.1) is 12.4 Å². The minimum Gasteiger partial charge on any atom is -0.369 e. The fourth-order valence-electron chi connectivity index (χ4n) is 3.88. The molecule has 1 aromatic heterocycles. The molecule has 6 nitrogen and oxygen atoms in total. The fraction of sp³-hybridized carbons (Fsp3) is 0.474. The number of nitrogens with zero attached hydrogens (tertiary/aromatic N) is 3. The standard InChI is InChI=1S/C19H25N5O.ClH/c1-23(19(25)18-16-12-20-10-9-17(16)21-22-18)15-8-5-11-24(13-15)14-6-3-2-4-7-14;/h2-4,6-7,15,20H,5,8-13H2,1H3,(H,21,22);1H. The van der Waals surface area contributed by atoms with Crippen molar-refractivity contribution in [2.24, 2.45) is 0 Å². The summed E-state index contributed by atoms with van der Waals surface area (Å²) in [6.45, 7) is 3.58. The highest BCUT2D eigenvalue weighted by Gasteiger charge is 2.30. The second kappa shape index (κ2) is 8.10. The molecule has 0 radical (unpaired) electrons. The summed E-state index contributed by atoms with van der Waals surface area (Å²) in [6.07, 6.45) is 3.04. The van der Waals surface area contributed by atoms with E-state index >= 15 is 0 Å². The van der Waals surface area contributed by atoms with Crippen molar-refractivity contribution in [3.8, 4) is 0 Å². The van der Waals surface area contributed by atoms with Crippen molar-refractivity contribution in [2.45, 2.75) is 31.8 Å². The fourth-order valence-corrected chi connectivity index (χ4v) is 3.88. The van der Waals surface area contributed by atoms with E-state index in [1.165, 1.54) is 5.69 Å². The molecule has 0 spiro atoms. The molecule has 140 valence electrons. The second-order valence-corrected chi connectivity index (χ2v) is 6.95. The number of amides is 1. The zero-order valence-corrected chi connectivity index (χ0v) is 15.9. The van der Waals surface area contributed by atoms with Crippen LogP contribution in [0.1, 0.15) is 34.6 Å². The number of carbonyl (C=O) groups excluding carboxylic acids is 1. The number of carbonyl (C=O) groups is 1. The van der Waals surface area contributed by atoms with Crippen LogP contribution in [0.4, 0.5) is 5.69 Å². The van der Waals surface area contributed by atoms with E-state index in [2.05, 4.69) is 44.7 Å². The number of hydrogen-bond acceptors (Lipinski definition) is 4. The van der Waals surface area contributed by atoms with Gasteiger partial charge in [-0.1, -0.05) is 18.2 Å². The molecule has 2 aliphatic heterocycles. The predicted molar refractivity (Wildman–Crippen MR) is 105 cm³/mol. The lowest BCUT2D eigenvalue weighted by Crippen LogP contribution is -2.49. The van der Waals surface area contributed by atoms with Crippen molar-refractivity contribution < 1.29 is 4.79 Å². The van der Waals surface area contributed by atoms with Gasteiger partial charge >= 0.3 is 0 Å². The van der Waals surface area contributed by atoms with E-state index in [-0.39, 0.29) is 24.4 Å². The number of aromatic amines is 1. The molecule has 1 amide bonds. The second-order valence-electron chi connectivity index (χ2n) is 6.95. The lowest BCUT2D eigenvalue weighted by Gasteiger charge is -2.38. The maximum atomic E-state index is 13.0. The Hall–Kier alpha value is -2.05. The van der Waals surface area contributed by atoms with Gasteiger partial charge in [0.15, 0.2) is 5.69 Å². The van der Waals surface area contributed by atoms with E-state index < -0.39 is 0 Å². The number of benzene rings is 1. The molecule has 26 heavy (non-hydrogen) atoms. The molecule has 1 fully saturated rings. The van der Waals surface area contributed by atoms with Crippen LogP contribution in [0.5, 0.6) is 0 Å². The summed E-state index contributed by atoms with van der Waals surface area (Å²) in [4.78, 5) is 17.3. The zero-order chi connectivity index (χ0) is 17.2. The number of piperidine rings is 1. The third-order valence-corrected chi connectivity index (χ3v) is 5.39. The molecule has 1 atom stereocenters. The van der Waals surface area contributed by atoms with Crippen molar-refractivity contribution >= 4 is 24.0 Å². The topological polar surface area (TPSA) is 64.3 Å². The quantitative estimate of drug-likeness (QED) is 0.863. The molecule has 0 aliphatic carbocycles. The number of halogens is 1. The summed E-state index contributed by atoms with van der Waals surface area (Å²) >= 11 is 0. The van der Waals surface area contributed by atoms with E-state index in [0.29, 0.717) is 5.69 Å². The average molecular weight is 376 g/mol. The Morgan fingerprint density at radius 2 is 2.12 bits per heavy atom. The maximum absolute atomic E-state index is 13.0. The van der Waals surface area contributed by atoms with Crippen LogP contribution < -0.4 is 10.2 Å². The lowest BCUT2D eigenvalue weighted by molar-refractivity contribution is 0.0710. The summed E-state index contributed by atoms with van der Waals surface area (Å²) in [5.74, 6) is 0.0288. The number of H-pyrrole nitrogens is 1. The average Bonchev–Trinajstić information content (AvgIpc) is 3.12. The molecule has 0 bridgehead atoms. The normalized spacial score (nSPS) is 19.4. The van der Waals surface area contributed by atoms with Crippen LogP contribution in [0.15, 0.2) is 30.3 Å². The first-order valence-electron chi connectivity index (χ1n) is 9.08. The minimum atomic E-state index is 0. The molecule has 3 heterocycles. The van der Waals surface area contributed by atoms with Crippen LogP contribution in [-0.4, -0.2) is 53.7 Å². The number of hydrogen-bond donors (Lipinski definition) is 2. The summed E-state index contributed by atoms with van der Waals surface area (Å²) in [6, 6.07) is 10.7. The van der Waals surface area contributed by atoms with Gasteiger partial charge < -0.3 is 15.1 Å². The monoisotopic (exact) mass is 375 g/mol. The minimum absolute atomic E-state index is 0. The van der Waals surface area contributed by atoms with Gasteiger partial charge in [0, 0.05) is 62.6 Å². The molecule has 4 rings (SSSR count). The number of rotatable bonds is 3. The number of para-hydroxylation sites is 1. The van der Waals surface area contributed by atoms with Crippen LogP contribution >= 0.6 is 12.4 Å². The summed E-state index contributed by atoms with van der Waals surface area (Å²) in [5.41, 5.74) is 3.96. The lowest BCUT2D eigenvalue weighted by atomic mass is 10.0. The maximum Gasteiger partial charge on any atom is 0.274 e. The van der Waals surface area contributed by atoms with E-state index in [1.54, 1.807) is 0 Å². The highest BCUT2D eigenvalue weighted by atomic mass is 35.5. The highest BCUT2D eigenvalue weighted by molar-refractivity contribution is 5.94. The molecule has 1 unspecified atom stereocenters. The Balaban J connectivity index is 0.00000196. The van der Waals surface area contributed by atoms with Crippen molar-refractivity contribution in [1.29, 1.82) is 0 Å². The number of fused-ring (bicyclic) bond motifs is 1. The Morgan fingerprint density at radius 3 is 2.92 bits per heavy atom. The van der Waals surface area contributed by atoms with Gasteiger partial charge in [0.05, 0.1) is 0 Å². The number of anilines is 1. The van der Waals surface area contributed by atoms with E-state index in [0.717, 1.165) is 56.7 Å². The van der Waals surface area contributed by atoms with E-state index in [9.17, 15) is 4.79 Å². The summed E-state index contributed by atoms with van der Waals surface area (Å²) in [7, 11) is 1.92. The van der Waals surface area contributed by atoms with Crippen LogP contribution in [0, 0.1) is 0 Å². The van der Waals surface area contributed by atoms with E-state index in [4.69, 9.17) is 0 Å². The third kappa shape index (κ3) is 3.57. The van der Waals surface area contributed by atoms with Gasteiger partial charge in [0.25, 0.3) is 5.91 Å². The van der Waals surface area contributed by atoms with Gasteiger partial charge in [0.1, 0.15) is 0 Å². The van der Waals surface area contributed by atoms with Crippen molar-refractivity contribution in [2.75, 3.05) is 31.6 Å². The number of nitrogens with one attached hydrogen (secondary N) is 2. The molecule has 2 aromatic rings. The number of likely N-dealkylation sites (N-methyl/N-ethyl adjacent to an activating group) is 1. The van der Waals surface area contributed by atoms with Crippen molar-refractivity contribution in [1.82, 2.24) is 20.4 Å². The van der Waals surface area contributed by atoms with Gasteiger partial charge in [-0.25, -0.2) is 0 Å². The first kappa shape index (κ1) is 18.7. The largest absolute Gasteiger partial charge is 0.369 e. The summed E-state index contributed by atoms with van der Waals surface area (Å²) < 4.78 is 0. The molecule has 2 N–H and O–H groups in total. The predicted octanol–water partition coefficient (Wildman–Crippen LogP) is 2.22. The van der Waals surface area contributed by atoms with Gasteiger partial charge in [-0.3, -0.25) is 9.89 Å². The van der Waals surface area contributed by atoms with Crippen molar-refractivity contribution in [3.63, 3.8) is 0 Å². The smallest absolute Gasteiger partial charge is 0.274 e. The molecular formula is C19H26ClN5O. The summed E-state index contributed by atoms with van der Waals surface area (Å²) in [5, 5.41) is 10.7. The Morgan fingerprint density at radius 1 is 1.31 bits per heavy atom. The highest BCUT2D eigenvalue weighted by Crippen LogP contribution is 2.24. The van der Waals surface area contributed by atoms with Crippen LogP contribution in [0.3, 0.4) is 0 Å². The zero-order valence-electron chi connectivity index (χ0n) is 15.1. The van der Waals surface area contributed by atoms with Crippen LogP contribution in [0.2, 0.25) is 0 Å². The van der Waals surface area contributed by atoms with Gasteiger partial charge in [-0.2, -0.15) is 5.10 Å². The molecule has 0 saturated carbocycles. The Labute approximate surface area is 160 Å². The first-order valence-corrected chi connectivity index (χ1v) is 9.08. The van der Waals surface area contributed by atoms with Crippen LogP contribution in [0.25, 0.3) is 0 Å². The molecule has 1 saturated heterocycles. The SMILES string of the molecule is CN(C(=O)c1n[nH]c2c1CNCC2)C1CCCN(c2ccccc2)C1.Cl. The molecular weight excluding hydrogens is 350 g/mol. The third-order valence-electron chi connectivity index (χ3n) is 5.39. The Kier molecular flexibility index (Phi) is 5.84. The van der Waals surface area contributed by atoms with Gasteiger partial charge in [0.2, 0.25) is 0 Å². The van der Waals surface area contributed by atoms with E-state index in [1.807, 2.05) is 18.0 Å². The molecule has 2 aliphatic rings. The Bertz CT molecular complexity index is 748. The number of aromatic nitrogens is 2. The first-order chi connectivity index (χ1) is 12.2. The van der Waals surface area contributed by atoms with Crippen molar-refractivity contribution in [3.05, 3.63) is 47.3 Å². The van der Waals surface area contributed by atoms with Crippen LogP contribution in [-0.2, 0) is 13.0 Å². The molecule has 7 heteroatoms. The van der Waals surface area contributed by atoms with Gasteiger partial charge in [-0.05, 0) is 25.0 Å².